The third kappa shape index (κ3) is 7.23. The molecule has 12 heteroatoms. The minimum Gasteiger partial charge on any atom is -0.463 e. The number of thioether (sulfide) groups is 1. The van der Waals surface area contributed by atoms with Crippen LogP contribution in [0.4, 0.5) is 0 Å². The summed E-state index contributed by atoms with van der Waals surface area (Å²) in [6.07, 6.45) is 0.757. The summed E-state index contributed by atoms with van der Waals surface area (Å²) >= 11 is 1.60. The van der Waals surface area contributed by atoms with Crippen molar-refractivity contribution in [2.75, 3.05) is 19.0 Å². The first-order valence-corrected chi connectivity index (χ1v) is 9.62. The van der Waals surface area contributed by atoms with Crippen LogP contribution < -0.4 is 0 Å². The smallest absolute Gasteiger partial charge is 0.313 e. The average molecular weight is 428 g/mol. The zero-order valence-electron chi connectivity index (χ0n) is 15.5. The van der Waals surface area contributed by atoms with Gasteiger partial charge in [-0.1, -0.05) is 24.3 Å². The highest BCUT2D eigenvalue weighted by atomic mass is 32.2. The molecule has 0 amide bonds. The van der Waals surface area contributed by atoms with E-state index in [0.29, 0.717) is 5.56 Å². The van der Waals surface area contributed by atoms with Gasteiger partial charge in [0.1, 0.15) is 13.2 Å². The van der Waals surface area contributed by atoms with E-state index in [-0.39, 0.29) is 0 Å². The number of hydrogen-bond donors (Lipinski definition) is 1. The van der Waals surface area contributed by atoms with E-state index in [1.54, 1.807) is 43.0 Å². The Morgan fingerprint density at radius 3 is 2.52 bits per heavy atom. The van der Waals surface area contributed by atoms with E-state index in [2.05, 4.69) is 9.68 Å². The largest absolute Gasteiger partial charge is 0.463 e. The monoisotopic (exact) mass is 428 g/mol. The van der Waals surface area contributed by atoms with Crippen LogP contribution in [-0.4, -0.2) is 52.4 Å². The number of rotatable bonds is 10. The van der Waals surface area contributed by atoms with Crippen LogP contribution in [0.1, 0.15) is 30.4 Å². The number of ether oxygens (including phenoxy) is 1. The molecular formula is C17H20N2O9S. The van der Waals surface area contributed by atoms with E-state index < -0.39 is 47.5 Å². The third-order valence-corrected chi connectivity index (χ3v) is 5.26. The van der Waals surface area contributed by atoms with Gasteiger partial charge in [-0.05, 0) is 30.5 Å². The van der Waals surface area contributed by atoms with Crippen molar-refractivity contribution in [1.82, 2.24) is 0 Å². The summed E-state index contributed by atoms with van der Waals surface area (Å²) in [5.41, 5.74) is 1.54. The van der Waals surface area contributed by atoms with Gasteiger partial charge in [-0.15, -0.1) is 32.0 Å². The van der Waals surface area contributed by atoms with Crippen LogP contribution in [0.3, 0.4) is 0 Å². The first-order chi connectivity index (χ1) is 13.8. The Balaban J connectivity index is 1.92. The van der Waals surface area contributed by atoms with Gasteiger partial charge in [-0.3, -0.25) is 4.79 Å². The van der Waals surface area contributed by atoms with Crippen molar-refractivity contribution in [2.24, 2.45) is 0 Å². The zero-order chi connectivity index (χ0) is 21.4. The molecule has 0 bridgehead atoms. The standard InChI is InChI=1S/C17H20N2O9S/c1-11(17(21)26-9-14(28-19(24)25)10-27-18(22)23)13-4-2-12(3-5-13)8-16-15(20)6-7-29-16/h2-5,8,11,14-15,20H,6-7,9-10H2,1H3/b16-8-/t11-,14+,15-/m0/s1. The van der Waals surface area contributed by atoms with Crippen LogP contribution in [-0.2, 0) is 19.2 Å². The Kier molecular flexibility index (Phi) is 8.21. The molecular weight excluding hydrogens is 408 g/mol. The second-order valence-electron chi connectivity index (χ2n) is 6.19. The van der Waals surface area contributed by atoms with Gasteiger partial charge in [-0.25, -0.2) is 0 Å². The fourth-order valence-electron chi connectivity index (χ4n) is 2.52. The number of nitrogens with zero attached hydrogens (tertiary/aromatic N) is 2. The van der Waals surface area contributed by atoms with Crippen molar-refractivity contribution >= 4 is 23.8 Å². The van der Waals surface area contributed by atoms with E-state index in [1.165, 1.54) is 0 Å². The number of aliphatic hydroxyl groups is 1. The highest BCUT2D eigenvalue weighted by Crippen LogP contribution is 2.32. The van der Waals surface area contributed by atoms with E-state index in [1.807, 2.05) is 6.08 Å². The highest BCUT2D eigenvalue weighted by molar-refractivity contribution is 8.03. The number of carbonyl (C=O) groups excluding carboxylic acids is 1. The minimum atomic E-state index is -1.42. The van der Waals surface area contributed by atoms with Crippen molar-refractivity contribution in [3.8, 4) is 0 Å². The van der Waals surface area contributed by atoms with Gasteiger partial charge >= 0.3 is 5.97 Å². The molecule has 0 spiro atoms. The van der Waals surface area contributed by atoms with Crippen molar-refractivity contribution in [2.45, 2.75) is 31.5 Å². The molecule has 1 fully saturated rings. The lowest BCUT2D eigenvalue weighted by atomic mass is 9.99. The van der Waals surface area contributed by atoms with Gasteiger partial charge in [0, 0.05) is 10.7 Å². The molecule has 1 saturated heterocycles. The lowest BCUT2D eigenvalue weighted by Crippen LogP contribution is -2.31. The molecule has 0 aromatic heterocycles. The first kappa shape index (κ1) is 22.4. The molecule has 0 saturated carbocycles. The molecule has 11 nitrogen and oxygen atoms in total. The maximum Gasteiger partial charge on any atom is 0.313 e. The van der Waals surface area contributed by atoms with E-state index >= 15 is 0 Å². The van der Waals surface area contributed by atoms with Gasteiger partial charge in [0.25, 0.3) is 10.2 Å². The van der Waals surface area contributed by atoms with Crippen LogP contribution in [0, 0.1) is 20.2 Å². The number of esters is 1. The molecule has 29 heavy (non-hydrogen) atoms. The molecule has 1 N–H and O–H groups in total. The van der Waals surface area contributed by atoms with Gasteiger partial charge in [0.15, 0.2) is 6.10 Å². The lowest BCUT2D eigenvalue weighted by Gasteiger charge is -2.16. The fourth-order valence-corrected chi connectivity index (χ4v) is 3.63. The van der Waals surface area contributed by atoms with Crippen molar-refractivity contribution in [3.05, 3.63) is 60.5 Å². The zero-order valence-corrected chi connectivity index (χ0v) is 16.3. The molecule has 1 aromatic carbocycles. The molecule has 1 heterocycles. The predicted octanol–water partition coefficient (Wildman–Crippen LogP) is 1.96. The Bertz CT molecular complexity index is 769. The van der Waals surface area contributed by atoms with Crippen LogP contribution in [0.2, 0.25) is 0 Å². The highest BCUT2D eigenvalue weighted by Gasteiger charge is 2.22. The molecule has 1 aliphatic heterocycles. The lowest BCUT2D eigenvalue weighted by molar-refractivity contribution is -0.790. The molecule has 0 unspecified atom stereocenters. The molecule has 0 radical (unpaired) electrons. The van der Waals surface area contributed by atoms with Gasteiger partial charge in [-0.2, -0.15) is 0 Å². The second-order valence-corrected chi connectivity index (χ2v) is 7.36. The number of benzene rings is 1. The van der Waals surface area contributed by atoms with Crippen LogP contribution in [0.5, 0.6) is 0 Å². The summed E-state index contributed by atoms with van der Waals surface area (Å²) in [5, 5.41) is 28.2. The summed E-state index contributed by atoms with van der Waals surface area (Å²) < 4.78 is 4.99. The van der Waals surface area contributed by atoms with Crippen LogP contribution in [0.25, 0.3) is 6.08 Å². The van der Waals surface area contributed by atoms with Gasteiger partial charge in [0.05, 0.1) is 12.0 Å². The van der Waals surface area contributed by atoms with Crippen molar-refractivity contribution in [3.63, 3.8) is 0 Å². The van der Waals surface area contributed by atoms with E-state index in [9.17, 15) is 30.1 Å². The molecule has 3 atom stereocenters. The minimum absolute atomic E-state index is 0.442. The Morgan fingerprint density at radius 2 is 1.97 bits per heavy atom. The Hall–Kier alpha value is -2.86. The second kappa shape index (κ2) is 10.6. The first-order valence-electron chi connectivity index (χ1n) is 8.63. The summed E-state index contributed by atoms with van der Waals surface area (Å²) in [4.78, 5) is 42.0. The summed E-state index contributed by atoms with van der Waals surface area (Å²) in [5.74, 6) is -0.464. The molecule has 1 aliphatic rings. The Morgan fingerprint density at radius 1 is 1.28 bits per heavy atom. The summed E-state index contributed by atoms with van der Waals surface area (Å²) in [7, 11) is 0. The number of hydrogen-bond acceptors (Lipinski definition) is 10. The van der Waals surface area contributed by atoms with E-state index in [4.69, 9.17) is 4.74 Å². The maximum absolute atomic E-state index is 12.2. The fraction of sp³-hybridized carbons (Fsp3) is 0.471. The normalized spacial score (nSPS) is 19.4. The van der Waals surface area contributed by atoms with Crippen LogP contribution in [0.15, 0.2) is 29.2 Å². The van der Waals surface area contributed by atoms with Gasteiger partial charge in [0.2, 0.25) is 0 Å². The predicted molar refractivity (Wildman–Crippen MR) is 102 cm³/mol. The molecule has 2 rings (SSSR count). The third-order valence-electron chi connectivity index (χ3n) is 4.10. The SMILES string of the molecule is C[C@H](C(=O)OC[C@H](CO[N+](=O)[O-])O[N+](=O)[O-])c1ccc(/C=C2\SCC[C@@H]2O)cc1. The van der Waals surface area contributed by atoms with E-state index in [0.717, 1.165) is 22.6 Å². The summed E-state index contributed by atoms with van der Waals surface area (Å²) in [6, 6.07) is 7.10. The Labute approximate surface area is 169 Å². The van der Waals surface area contributed by atoms with Crippen molar-refractivity contribution in [1.29, 1.82) is 0 Å². The quantitative estimate of drug-likeness (QED) is 0.332. The molecule has 158 valence electrons. The molecule has 1 aromatic rings. The number of aliphatic hydroxyl groups excluding tert-OH is 1. The number of carbonyl (C=O) groups is 1. The van der Waals surface area contributed by atoms with Gasteiger partial charge < -0.3 is 19.5 Å². The maximum atomic E-state index is 12.2. The van der Waals surface area contributed by atoms with Crippen LogP contribution >= 0.6 is 11.8 Å². The van der Waals surface area contributed by atoms with Crippen molar-refractivity contribution < 1.29 is 34.5 Å². The molecule has 0 aliphatic carbocycles. The summed E-state index contributed by atoms with van der Waals surface area (Å²) in [6.45, 7) is 0.281. The average Bonchev–Trinajstić information content (AvgIpc) is 3.07. The topological polar surface area (TPSA) is 151 Å².